The second-order valence-electron chi connectivity index (χ2n) is 4.17. The van der Waals surface area contributed by atoms with Crippen LogP contribution in [0.25, 0.3) is 10.8 Å². The van der Waals surface area contributed by atoms with Gasteiger partial charge in [0.2, 0.25) is 0 Å². The molecule has 0 aliphatic rings. The van der Waals surface area contributed by atoms with Gasteiger partial charge in [-0.15, -0.1) is 0 Å². The van der Waals surface area contributed by atoms with E-state index in [9.17, 15) is 9.90 Å². The fourth-order valence-corrected chi connectivity index (χ4v) is 1.92. The molecule has 1 N–H and O–H groups in total. The average Bonchev–Trinajstić information content (AvgIpc) is 2.38. The van der Waals surface area contributed by atoms with Gasteiger partial charge < -0.3 is 9.84 Å². The summed E-state index contributed by atoms with van der Waals surface area (Å²) in [6, 6.07) is 11.1. The summed E-state index contributed by atoms with van der Waals surface area (Å²) in [6.45, 7) is 2.62. The molecule has 0 saturated heterocycles. The van der Waals surface area contributed by atoms with Crippen molar-refractivity contribution in [3.63, 3.8) is 0 Å². The van der Waals surface area contributed by atoms with Crippen molar-refractivity contribution in [1.82, 2.24) is 0 Å². The molecular formula is C15H16O3. The number of unbranched alkanes of at least 4 members (excludes halogenated alkanes) is 1. The Morgan fingerprint density at radius 1 is 1.22 bits per heavy atom. The normalized spacial score (nSPS) is 10.5. The summed E-state index contributed by atoms with van der Waals surface area (Å²) < 4.78 is 5.57. The minimum Gasteiger partial charge on any atom is -0.493 e. The van der Waals surface area contributed by atoms with Gasteiger partial charge in [-0.05, 0) is 23.3 Å². The zero-order valence-corrected chi connectivity index (χ0v) is 10.3. The predicted molar refractivity (Wildman–Crippen MR) is 71.3 cm³/mol. The van der Waals surface area contributed by atoms with Gasteiger partial charge in [0.25, 0.3) is 0 Å². The van der Waals surface area contributed by atoms with Gasteiger partial charge in [-0.3, -0.25) is 0 Å². The van der Waals surface area contributed by atoms with Gasteiger partial charge in [-0.25, -0.2) is 4.79 Å². The molecule has 18 heavy (non-hydrogen) atoms. The fourth-order valence-electron chi connectivity index (χ4n) is 1.92. The van der Waals surface area contributed by atoms with Crippen LogP contribution in [0.1, 0.15) is 30.1 Å². The first-order valence-electron chi connectivity index (χ1n) is 6.12. The van der Waals surface area contributed by atoms with Gasteiger partial charge in [0.05, 0.1) is 6.61 Å². The summed E-state index contributed by atoms with van der Waals surface area (Å²) in [7, 11) is 0. The predicted octanol–water partition coefficient (Wildman–Crippen LogP) is 3.72. The highest BCUT2D eigenvalue weighted by molar-refractivity contribution is 6.06. The van der Waals surface area contributed by atoms with Crippen LogP contribution in [0, 0.1) is 0 Å². The molecule has 2 aromatic carbocycles. The molecule has 0 radical (unpaired) electrons. The number of hydrogen-bond donors (Lipinski definition) is 1. The second kappa shape index (κ2) is 5.54. The molecule has 2 rings (SSSR count). The highest BCUT2D eigenvalue weighted by Crippen LogP contribution is 2.28. The molecular weight excluding hydrogens is 228 g/mol. The van der Waals surface area contributed by atoms with Crippen molar-refractivity contribution in [2.45, 2.75) is 19.8 Å². The van der Waals surface area contributed by atoms with Crippen molar-refractivity contribution in [3.8, 4) is 5.75 Å². The van der Waals surface area contributed by atoms with E-state index in [1.54, 1.807) is 6.07 Å². The van der Waals surface area contributed by atoms with Crippen LogP contribution in [0.2, 0.25) is 0 Å². The van der Waals surface area contributed by atoms with Crippen LogP contribution in [0.15, 0.2) is 36.4 Å². The van der Waals surface area contributed by atoms with Gasteiger partial charge in [0.15, 0.2) is 0 Å². The Morgan fingerprint density at radius 3 is 2.72 bits per heavy atom. The van der Waals surface area contributed by atoms with Crippen molar-refractivity contribution in [2.75, 3.05) is 6.61 Å². The number of hydrogen-bond acceptors (Lipinski definition) is 2. The largest absolute Gasteiger partial charge is 0.493 e. The Kier molecular flexibility index (Phi) is 3.82. The van der Waals surface area contributed by atoms with Gasteiger partial charge >= 0.3 is 5.97 Å². The van der Waals surface area contributed by atoms with E-state index < -0.39 is 5.97 Å². The first kappa shape index (κ1) is 12.4. The number of ether oxygens (including phenoxy) is 1. The molecule has 94 valence electrons. The number of carboxylic acid groups (broad SMARTS) is 1. The topological polar surface area (TPSA) is 46.5 Å². The summed E-state index contributed by atoms with van der Waals surface area (Å²) in [6.07, 6.45) is 1.95. The summed E-state index contributed by atoms with van der Waals surface area (Å²) in [5.74, 6) is -0.493. The molecule has 0 unspecified atom stereocenters. The minimum atomic E-state index is -0.946. The molecule has 0 spiro atoms. The zero-order valence-electron chi connectivity index (χ0n) is 10.3. The van der Waals surface area contributed by atoms with E-state index in [2.05, 4.69) is 6.92 Å². The minimum absolute atomic E-state index is 0.254. The molecule has 0 aliphatic heterocycles. The van der Waals surface area contributed by atoms with Crippen LogP contribution < -0.4 is 4.74 Å². The molecule has 0 heterocycles. The molecule has 3 nitrogen and oxygen atoms in total. The number of rotatable bonds is 5. The van der Waals surface area contributed by atoms with Gasteiger partial charge in [-0.1, -0.05) is 43.7 Å². The van der Waals surface area contributed by atoms with Crippen LogP contribution in [-0.4, -0.2) is 17.7 Å². The maximum atomic E-state index is 11.4. The van der Waals surface area contributed by atoms with Crippen LogP contribution in [0.3, 0.4) is 0 Å². The first-order valence-corrected chi connectivity index (χ1v) is 6.12. The Hall–Kier alpha value is -2.03. The molecule has 2 aromatic rings. The van der Waals surface area contributed by atoms with Crippen LogP contribution >= 0.6 is 0 Å². The van der Waals surface area contributed by atoms with Crippen LogP contribution in [0.4, 0.5) is 0 Å². The van der Waals surface area contributed by atoms with Crippen molar-refractivity contribution in [2.24, 2.45) is 0 Å². The zero-order chi connectivity index (χ0) is 13.0. The molecule has 0 atom stereocenters. The average molecular weight is 244 g/mol. The van der Waals surface area contributed by atoms with Gasteiger partial charge in [-0.2, -0.15) is 0 Å². The Labute approximate surface area is 106 Å². The van der Waals surface area contributed by atoms with E-state index in [0.717, 1.165) is 23.6 Å². The first-order chi connectivity index (χ1) is 8.74. The standard InChI is InChI=1S/C15H16O3/c1-2-3-10-18-13-9-8-11-6-4-5-7-12(11)14(13)15(16)17/h4-9H,2-3,10H2,1H3,(H,16,17). The monoisotopic (exact) mass is 244 g/mol. The number of carbonyl (C=O) groups is 1. The maximum Gasteiger partial charge on any atom is 0.340 e. The van der Waals surface area contributed by atoms with Crippen molar-refractivity contribution in [3.05, 3.63) is 42.0 Å². The molecule has 0 aliphatic carbocycles. The summed E-state index contributed by atoms with van der Waals surface area (Å²) in [5.41, 5.74) is 0.254. The summed E-state index contributed by atoms with van der Waals surface area (Å²) >= 11 is 0. The molecule has 3 heteroatoms. The lowest BCUT2D eigenvalue weighted by atomic mass is 10.0. The number of aromatic carboxylic acids is 1. The lowest BCUT2D eigenvalue weighted by molar-refractivity contribution is 0.0694. The van der Waals surface area contributed by atoms with Crippen LogP contribution in [-0.2, 0) is 0 Å². The Balaban J connectivity index is 2.46. The number of fused-ring (bicyclic) bond motifs is 1. The van der Waals surface area contributed by atoms with Crippen molar-refractivity contribution in [1.29, 1.82) is 0 Å². The maximum absolute atomic E-state index is 11.4. The molecule has 0 saturated carbocycles. The SMILES string of the molecule is CCCCOc1ccc2ccccc2c1C(=O)O. The van der Waals surface area contributed by atoms with E-state index in [1.807, 2.05) is 30.3 Å². The van der Waals surface area contributed by atoms with Crippen LogP contribution in [0.5, 0.6) is 5.75 Å². The molecule has 0 bridgehead atoms. The van der Waals surface area contributed by atoms with E-state index in [0.29, 0.717) is 12.4 Å². The van der Waals surface area contributed by atoms with E-state index in [4.69, 9.17) is 4.74 Å². The van der Waals surface area contributed by atoms with Crippen molar-refractivity contribution < 1.29 is 14.6 Å². The Bertz CT molecular complexity index is 561. The lowest BCUT2D eigenvalue weighted by Gasteiger charge is -2.11. The van der Waals surface area contributed by atoms with E-state index in [-0.39, 0.29) is 5.56 Å². The smallest absolute Gasteiger partial charge is 0.340 e. The quantitative estimate of drug-likeness (QED) is 0.815. The third kappa shape index (κ3) is 2.45. The molecule has 0 amide bonds. The highest BCUT2D eigenvalue weighted by Gasteiger charge is 2.15. The van der Waals surface area contributed by atoms with E-state index in [1.165, 1.54) is 0 Å². The third-order valence-corrected chi connectivity index (χ3v) is 2.86. The summed E-state index contributed by atoms with van der Waals surface area (Å²) in [4.78, 5) is 11.4. The lowest BCUT2D eigenvalue weighted by Crippen LogP contribution is -2.05. The van der Waals surface area contributed by atoms with Crippen molar-refractivity contribution >= 4 is 16.7 Å². The number of carboxylic acids is 1. The highest BCUT2D eigenvalue weighted by atomic mass is 16.5. The van der Waals surface area contributed by atoms with Gasteiger partial charge in [0.1, 0.15) is 11.3 Å². The molecule has 0 fully saturated rings. The Morgan fingerprint density at radius 2 is 2.00 bits per heavy atom. The third-order valence-electron chi connectivity index (χ3n) is 2.86. The van der Waals surface area contributed by atoms with Gasteiger partial charge in [0, 0.05) is 0 Å². The second-order valence-corrected chi connectivity index (χ2v) is 4.17. The fraction of sp³-hybridized carbons (Fsp3) is 0.267. The summed E-state index contributed by atoms with van der Waals surface area (Å²) in [5, 5.41) is 11.0. The van der Waals surface area contributed by atoms with E-state index >= 15 is 0 Å². The molecule has 0 aromatic heterocycles. The number of benzene rings is 2.